The zero-order valence-electron chi connectivity index (χ0n) is 13.9. The fraction of sp³-hybridized carbons (Fsp3) is 0.556. The van der Waals surface area contributed by atoms with Crippen molar-refractivity contribution in [3.63, 3.8) is 0 Å². The molecule has 1 atom stereocenters. The minimum Gasteiger partial charge on any atom is -0.465 e. The van der Waals surface area contributed by atoms with Crippen molar-refractivity contribution in [2.45, 2.75) is 50.7 Å². The van der Waals surface area contributed by atoms with Crippen LogP contribution < -0.4 is 10.6 Å². The van der Waals surface area contributed by atoms with Crippen molar-refractivity contribution in [1.29, 1.82) is 0 Å². The Bertz CT molecular complexity index is 528. The first kappa shape index (κ1) is 17.6. The molecule has 1 unspecified atom stereocenters. The number of hydrogen-bond acceptors (Lipinski definition) is 5. The van der Waals surface area contributed by atoms with Crippen molar-refractivity contribution in [2.75, 3.05) is 13.2 Å². The molecular weight excluding hydrogens is 292 g/mol. The van der Waals surface area contributed by atoms with Crippen LogP contribution in [-0.4, -0.2) is 36.5 Å². The van der Waals surface area contributed by atoms with Gasteiger partial charge in [-0.15, -0.1) is 0 Å². The number of benzene rings is 1. The SMILES string of the molecule is CCOC(=O)C1(NCC(C=O)(CC)NCc2ccccc2)CC1. The molecule has 2 rings (SSSR count). The molecule has 0 radical (unpaired) electrons. The largest absolute Gasteiger partial charge is 0.465 e. The van der Waals surface area contributed by atoms with Crippen LogP contribution in [0.15, 0.2) is 30.3 Å². The summed E-state index contributed by atoms with van der Waals surface area (Å²) in [4.78, 5) is 23.7. The Labute approximate surface area is 137 Å². The Kier molecular flexibility index (Phi) is 5.91. The van der Waals surface area contributed by atoms with Gasteiger partial charge in [-0.2, -0.15) is 0 Å². The topological polar surface area (TPSA) is 67.4 Å². The van der Waals surface area contributed by atoms with E-state index in [4.69, 9.17) is 4.74 Å². The van der Waals surface area contributed by atoms with E-state index in [1.165, 1.54) is 0 Å². The summed E-state index contributed by atoms with van der Waals surface area (Å²) in [6.07, 6.45) is 3.13. The van der Waals surface area contributed by atoms with Gasteiger partial charge in [0.15, 0.2) is 0 Å². The van der Waals surface area contributed by atoms with Crippen LogP contribution in [-0.2, 0) is 20.9 Å². The van der Waals surface area contributed by atoms with Crippen LogP contribution in [0.3, 0.4) is 0 Å². The predicted molar refractivity (Wildman–Crippen MR) is 89.0 cm³/mol. The first-order valence-corrected chi connectivity index (χ1v) is 8.27. The number of esters is 1. The van der Waals surface area contributed by atoms with E-state index in [-0.39, 0.29) is 5.97 Å². The Balaban J connectivity index is 1.95. The van der Waals surface area contributed by atoms with Gasteiger partial charge in [-0.3, -0.25) is 10.1 Å². The Morgan fingerprint density at radius 3 is 2.52 bits per heavy atom. The van der Waals surface area contributed by atoms with Crippen molar-refractivity contribution < 1.29 is 14.3 Å². The molecule has 23 heavy (non-hydrogen) atoms. The maximum absolute atomic E-state index is 12.0. The Morgan fingerprint density at radius 1 is 1.30 bits per heavy atom. The summed E-state index contributed by atoms with van der Waals surface area (Å²) in [6.45, 7) is 5.18. The molecule has 1 aromatic rings. The lowest BCUT2D eigenvalue weighted by Crippen LogP contribution is -2.57. The van der Waals surface area contributed by atoms with E-state index in [2.05, 4.69) is 10.6 Å². The number of carbonyl (C=O) groups is 2. The fourth-order valence-corrected chi connectivity index (χ4v) is 2.53. The Hall–Kier alpha value is -1.72. The molecular formula is C18H26N2O3. The highest BCUT2D eigenvalue weighted by molar-refractivity contribution is 5.84. The van der Waals surface area contributed by atoms with Crippen LogP contribution in [0, 0.1) is 0 Å². The van der Waals surface area contributed by atoms with Gasteiger partial charge in [0.05, 0.1) is 12.1 Å². The zero-order chi connectivity index (χ0) is 16.8. The van der Waals surface area contributed by atoms with Crippen molar-refractivity contribution in [1.82, 2.24) is 10.6 Å². The first-order chi connectivity index (χ1) is 11.1. The quantitative estimate of drug-likeness (QED) is 0.509. The standard InChI is InChI=1S/C18H26N2O3/c1-3-17(14-21,19-12-15-8-6-5-7-9-15)13-20-18(10-11-18)16(22)23-4-2/h5-9,14,19-20H,3-4,10-13H2,1-2H3. The first-order valence-electron chi connectivity index (χ1n) is 8.27. The van der Waals surface area contributed by atoms with Gasteiger partial charge >= 0.3 is 5.97 Å². The number of rotatable bonds is 10. The number of ether oxygens (including phenoxy) is 1. The van der Waals surface area contributed by atoms with Crippen molar-refractivity contribution in [3.8, 4) is 0 Å². The number of carbonyl (C=O) groups excluding carboxylic acids is 2. The van der Waals surface area contributed by atoms with Crippen LogP contribution >= 0.6 is 0 Å². The maximum atomic E-state index is 12.0. The summed E-state index contributed by atoms with van der Waals surface area (Å²) in [5.74, 6) is -0.209. The van der Waals surface area contributed by atoms with Gasteiger partial charge in [0.2, 0.25) is 0 Å². The van der Waals surface area contributed by atoms with Crippen LogP contribution in [0.1, 0.15) is 38.7 Å². The van der Waals surface area contributed by atoms with Gasteiger partial charge in [-0.25, -0.2) is 0 Å². The summed E-state index contributed by atoms with van der Waals surface area (Å²) in [7, 11) is 0. The second-order valence-electron chi connectivity index (χ2n) is 6.12. The van der Waals surface area contributed by atoms with Gasteiger partial charge in [0.25, 0.3) is 0 Å². The third-order valence-corrected chi connectivity index (χ3v) is 4.50. The molecule has 0 spiro atoms. The summed E-state index contributed by atoms with van der Waals surface area (Å²) >= 11 is 0. The number of nitrogens with one attached hydrogen (secondary N) is 2. The molecule has 0 amide bonds. The average Bonchev–Trinajstić information content (AvgIpc) is 3.38. The van der Waals surface area contributed by atoms with Crippen molar-refractivity contribution in [3.05, 3.63) is 35.9 Å². The molecule has 1 aromatic carbocycles. The minimum atomic E-state index is -0.683. The molecule has 5 nitrogen and oxygen atoms in total. The molecule has 0 aliphatic heterocycles. The lowest BCUT2D eigenvalue weighted by Gasteiger charge is -2.30. The van der Waals surface area contributed by atoms with E-state index in [9.17, 15) is 9.59 Å². The molecule has 1 aliphatic rings. The third-order valence-electron chi connectivity index (χ3n) is 4.50. The predicted octanol–water partition coefficient (Wildman–Crippen LogP) is 1.81. The summed E-state index contributed by atoms with van der Waals surface area (Å²) in [6, 6.07) is 9.96. The maximum Gasteiger partial charge on any atom is 0.326 e. The monoisotopic (exact) mass is 318 g/mol. The summed E-state index contributed by atoms with van der Waals surface area (Å²) in [5, 5.41) is 6.60. The number of aldehydes is 1. The van der Waals surface area contributed by atoms with Crippen LogP contribution in [0.5, 0.6) is 0 Å². The zero-order valence-corrected chi connectivity index (χ0v) is 13.9. The van der Waals surface area contributed by atoms with Gasteiger partial charge in [-0.05, 0) is 31.7 Å². The highest BCUT2D eigenvalue weighted by atomic mass is 16.5. The highest BCUT2D eigenvalue weighted by Crippen LogP contribution is 2.37. The molecule has 0 saturated heterocycles. The van der Waals surface area contributed by atoms with E-state index >= 15 is 0 Å². The Morgan fingerprint density at radius 2 is 2.00 bits per heavy atom. The second-order valence-corrected chi connectivity index (χ2v) is 6.12. The smallest absolute Gasteiger partial charge is 0.326 e. The van der Waals surface area contributed by atoms with E-state index in [1.54, 1.807) is 6.92 Å². The van der Waals surface area contributed by atoms with Crippen LogP contribution in [0.2, 0.25) is 0 Å². The fourth-order valence-electron chi connectivity index (χ4n) is 2.53. The van der Waals surface area contributed by atoms with Crippen LogP contribution in [0.4, 0.5) is 0 Å². The minimum absolute atomic E-state index is 0.209. The van der Waals surface area contributed by atoms with Crippen molar-refractivity contribution >= 4 is 12.3 Å². The average molecular weight is 318 g/mol. The van der Waals surface area contributed by atoms with Crippen LogP contribution in [0.25, 0.3) is 0 Å². The summed E-state index contributed by atoms with van der Waals surface area (Å²) < 4.78 is 5.12. The van der Waals surface area contributed by atoms with E-state index in [0.29, 0.717) is 26.1 Å². The lowest BCUT2D eigenvalue weighted by atomic mass is 9.96. The molecule has 0 aromatic heterocycles. The molecule has 0 bridgehead atoms. The third kappa shape index (κ3) is 4.39. The van der Waals surface area contributed by atoms with E-state index < -0.39 is 11.1 Å². The van der Waals surface area contributed by atoms with Gasteiger partial charge < -0.3 is 14.8 Å². The number of hydrogen-bond donors (Lipinski definition) is 2. The normalized spacial score (nSPS) is 18.0. The second kappa shape index (κ2) is 7.70. The van der Waals surface area contributed by atoms with Gasteiger partial charge in [0, 0.05) is 13.1 Å². The van der Waals surface area contributed by atoms with Gasteiger partial charge in [-0.1, -0.05) is 37.3 Å². The highest BCUT2D eigenvalue weighted by Gasteiger charge is 2.52. The lowest BCUT2D eigenvalue weighted by molar-refractivity contribution is -0.147. The van der Waals surface area contributed by atoms with Crippen molar-refractivity contribution in [2.24, 2.45) is 0 Å². The summed E-state index contributed by atoms with van der Waals surface area (Å²) in [5.41, 5.74) is -0.148. The molecule has 2 N–H and O–H groups in total. The van der Waals surface area contributed by atoms with E-state index in [1.807, 2.05) is 37.3 Å². The molecule has 126 valence electrons. The molecule has 1 saturated carbocycles. The molecule has 1 fully saturated rings. The van der Waals surface area contributed by atoms with Gasteiger partial charge in [0.1, 0.15) is 11.8 Å². The molecule has 1 aliphatic carbocycles. The molecule has 0 heterocycles. The van der Waals surface area contributed by atoms with E-state index in [0.717, 1.165) is 24.7 Å². The molecule has 5 heteroatoms.